The zero-order valence-electron chi connectivity index (χ0n) is 10.1. The molecule has 1 aromatic heterocycles. The second-order valence-electron chi connectivity index (χ2n) is 3.54. The van der Waals surface area contributed by atoms with E-state index in [0.29, 0.717) is 15.2 Å². The lowest BCUT2D eigenvalue weighted by Gasteiger charge is -2.00. The van der Waals surface area contributed by atoms with Gasteiger partial charge in [0.05, 0.1) is 15.2 Å². The van der Waals surface area contributed by atoms with Crippen LogP contribution in [0.15, 0.2) is 23.0 Å². The van der Waals surface area contributed by atoms with E-state index < -0.39 is 17.9 Å². The Morgan fingerprint density at radius 2 is 1.71 bits per heavy atom. The Morgan fingerprint density at radius 1 is 1.14 bits per heavy atom. The zero-order chi connectivity index (χ0) is 16.2. The van der Waals surface area contributed by atoms with Crippen LogP contribution in [0.25, 0.3) is 10.2 Å². The summed E-state index contributed by atoms with van der Waals surface area (Å²) < 4.78 is 1.87. The number of carboxylic acid groups (broad SMARTS) is 3. The van der Waals surface area contributed by atoms with Gasteiger partial charge in [-0.05, 0) is 12.1 Å². The molecule has 21 heavy (non-hydrogen) atoms. The number of thiazole rings is 1. The Bertz CT molecular complexity index is 752. The minimum Gasteiger partial charge on any atom is -0.480 e. The molecule has 8 nitrogen and oxygen atoms in total. The minimum atomic E-state index is -1.82. The first kappa shape index (κ1) is 16.7. The summed E-state index contributed by atoms with van der Waals surface area (Å²) in [5, 5.41) is 23.8. The number of benzene rings is 1. The molecule has 0 aliphatic carbocycles. The van der Waals surface area contributed by atoms with Gasteiger partial charge in [-0.15, -0.1) is 0 Å². The van der Waals surface area contributed by atoms with Crippen molar-refractivity contribution in [2.45, 2.75) is 6.54 Å². The lowest BCUT2D eigenvalue weighted by atomic mass is 10.3. The van der Waals surface area contributed by atoms with Crippen molar-refractivity contribution < 1.29 is 29.7 Å². The maximum atomic E-state index is 11.5. The molecule has 0 amide bonds. The van der Waals surface area contributed by atoms with Crippen molar-refractivity contribution in [1.29, 1.82) is 0 Å². The van der Waals surface area contributed by atoms with Crippen LogP contribution >= 0.6 is 22.9 Å². The van der Waals surface area contributed by atoms with Crippen LogP contribution in [-0.4, -0.2) is 37.8 Å². The van der Waals surface area contributed by atoms with Crippen LogP contribution < -0.4 is 4.87 Å². The molecule has 0 bridgehead atoms. The first-order valence-corrected chi connectivity index (χ1v) is 6.39. The highest BCUT2D eigenvalue weighted by molar-refractivity contribution is 7.16. The fraction of sp³-hybridized carbons (Fsp3) is 0.0909. The highest BCUT2D eigenvalue weighted by Crippen LogP contribution is 2.24. The number of halogens is 1. The van der Waals surface area contributed by atoms with E-state index in [1.165, 1.54) is 4.57 Å². The number of rotatable bonds is 2. The first-order chi connectivity index (χ1) is 9.73. The van der Waals surface area contributed by atoms with Crippen LogP contribution in [0.4, 0.5) is 0 Å². The summed E-state index contributed by atoms with van der Waals surface area (Å²) in [6.07, 6.45) is 0. The number of hydrogen-bond donors (Lipinski definition) is 3. The number of nitrogens with zero attached hydrogens (tertiary/aromatic N) is 1. The molecule has 10 heteroatoms. The van der Waals surface area contributed by atoms with Crippen molar-refractivity contribution in [3.8, 4) is 0 Å². The van der Waals surface area contributed by atoms with Crippen LogP contribution in [-0.2, 0) is 20.9 Å². The van der Waals surface area contributed by atoms with E-state index in [0.717, 1.165) is 11.3 Å². The second-order valence-corrected chi connectivity index (χ2v) is 4.95. The third-order valence-corrected chi connectivity index (χ3v) is 3.36. The van der Waals surface area contributed by atoms with Gasteiger partial charge < -0.3 is 15.3 Å². The lowest BCUT2D eigenvalue weighted by Crippen LogP contribution is -2.18. The van der Waals surface area contributed by atoms with Gasteiger partial charge >= 0.3 is 22.8 Å². The van der Waals surface area contributed by atoms with Crippen molar-refractivity contribution in [3.63, 3.8) is 0 Å². The van der Waals surface area contributed by atoms with Gasteiger partial charge in [0.15, 0.2) is 0 Å². The molecular formula is C11H8ClNO7S. The van der Waals surface area contributed by atoms with E-state index in [-0.39, 0.29) is 11.4 Å². The summed E-state index contributed by atoms with van der Waals surface area (Å²) in [7, 11) is 0. The molecular weight excluding hydrogens is 326 g/mol. The van der Waals surface area contributed by atoms with E-state index in [4.69, 9.17) is 36.5 Å². The monoisotopic (exact) mass is 333 g/mol. The summed E-state index contributed by atoms with van der Waals surface area (Å²) in [6, 6.07) is 5.10. The van der Waals surface area contributed by atoms with E-state index in [9.17, 15) is 9.59 Å². The number of carbonyl (C=O) groups is 3. The number of aromatic nitrogens is 1. The number of hydrogen-bond acceptors (Lipinski definition) is 5. The molecule has 1 heterocycles. The highest BCUT2D eigenvalue weighted by atomic mass is 35.5. The minimum absolute atomic E-state index is 0.305. The number of aliphatic carboxylic acids is 3. The van der Waals surface area contributed by atoms with E-state index in [1.54, 1.807) is 18.2 Å². The Labute approximate surface area is 125 Å². The Kier molecular flexibility index (Phi) is 5.44. The SMILES string of the molecule is O=C(O)C(=O)O.O=C(O)Cn1c(=O)sc2cccc(Cl)c21. The molecule has 112 valence electrons. The molecule has 0 spiro atoms. The lowest BCUT2D eigenvalue weighted by molar-refractivity contribution is -0.159. The Balaban J connectivity index is 0.000000315. The van der Waals surface area contributed by atoms with E-state index >= 15 is 0 Å². The molecule has 0 radical (unpaired) electrons. The molecule has 1 aromatic carbocycles. The summed E-state index contributed by atoms with van der Waals surface area (Å²) in [4.78, 5) is 40.0. The fourth-order valence-corrected chi connectivity index (χ4v) is 2.61. The quantitative estimate of drug-likeness (QED) is 0.696. The molecule has 0 atom stereocenters. The number of fused-ring (bicyclic) bond motifs is 1. The predicted octanol–water partition coefficient (Wildman–Crippen LogP) is 0.957. The van der Waals surface area contributed by atoms with Crippen LogP contribution in [0.5, 0.6) is 0 Å². The van der Waals surface area contributed by atoms with Crippen molar-refractivity contribution in [3.05, 3.63) is 32.9 Å². The average Bonchev–Trinajstić information content (AvgIpc) is 2.67. The van der Waals surface area contributed by atoms with Gasteiger partial charge in [0.1, 0.15) is 6.54 Å². The number of carboxylic acids is 3. The first-order valence-electron chi connectivity index (χ1n) is 5.20. The Morgan fingerprint density at radius 3 is 2.19 bits per heavy atom. The van der Waals surface area contributed by atoms with Gasteiger partial charge in [-0.1, -0.05) is 29.0 Å². The van der Waals surface area contributed by atoms with Gasteiger partial charge in [0, 0.05) is 0 Å². The standard InChI is InChI=1S/C9H6ClNO3S.C2H2O4/c10-5-2-1-3-6-8(5)11(4-7(12)13)9(14)15-6;3-1(4)2(5)6/h1-3H,4H2,(H,12,13);(H,3,4)(H,5,6). The van der Waals surface area contributed by atoms with Gasteiger partial charge in [-0.2, -0.15) is 0 Å². The van der Waals surface area contributed by atoms with E-state index in [1.807, 2.05) is 0 Å². The molecule has 2 aromatic rings. The zero-order valence-corrected chi connectivity index (χ0v) is 11.7. The molecule has 0 fully saturated rings. The van der Waals surface area contributed by atoms with Crippen molar-refractivity contribution in [2.24, 2.45) is 0 Å². The molecule has 0 aliphatic heterocycles. The summed E-state index contributed by atoms with van der Waals surface area (Å²) in [5.41, 5.74) is 0.497. The predicted molar refractivity (Wildman–Crippen MR) is 74.0 cm³/mol. The highest BCUT2D eigenvalue weighted by Gasteiger charge is 2.12. The molecule has 3 N–H and O–H groups in total. The normalized spacial score (nSPS) is 9.76. The molecule has 0 aliphatic rings. The third-order valence-electron chi connectivity index (χ3n) is 2.11. The summed E-state index contributed by atoms with van der Waals surface area (Å²) >= 11 is 6.91. The van der Waals surface area contributed by atoms with Gasteiger partial charge in [0.25, 0.3) is 0 Å². The average molecular weight is 334 g/mol. The Hall–Kier alpha value is -2.39. The van der Waals surface area contributed by atoms with Crippen LogP contribution in [0.2, 0.25) is 5.02 Å². The smallest absolute Gasteiger partial charge is 0.414 e. The summed E-state index contributed by atoms with van der Waals surface area (Å²) in [6.45, 7) is -0.359. The topological polar surface area (TPSA) is 134 Å². The van der Waals surface area contributed by atoms with Crippen molar-refractivity contribution in [1.82, 2.24) is 4.57 Å². The van der Waals surface area contributed by atoms with Gasteiger partial charge in [-0.25, -0.2) is 9.59 Å². The van der Waals surface area contributed by atoms with E-state index in [2.05, 4.69) is 0 Å². The molecule has 2 rings (SSSR count). The van der Waals surface area contributed by atoms with Crippen LogP contribution in [0.3, 0.4) is 0 Å². The largest absolute Gasteiger partial charge is 0.480 e. The molecule has 0 saturated carbocycles. The van der Waals surface area contributed by atoms with Crippen LogP contribution in [0.1, 0.15) is 0 Å². The summed E-state index contributed by atoms with van der Waals surface area (Å²) in [5.74, 6) is -4.71. The van der Waals surface area contributed by atoms with Gasteiger partial charge in [-0.3, -0.25) is 14.2 Å². The fourth-order valence-electron chi connectivity index (χ4n) is 1.36. The second kappa shape index (κ2) is 6.86. The maximum Gasteiger partial charge on any atom is 0.414 e. The number of para-hydroxylation sites is 1. The van der Waals surface area contributed by atoms with Crippen molar-refractivity contribution in [2.75, 3.05) is 0 Å². The van der Waals surface area contributed by atoms with Crippen molar-refractivity contribution >= 4 is 51.1 Å². The molecule has 0 unspecified atom stereocenters. The molecule has 0 saturated heterocycles. The van der Waals surface area contributed by atoms with Gasteiger partial charge in [0.2, 0.25) is 0 Å². The van der Waals surface area contributed by atoms with Crippen LogP contribution in [0, 0.1) is 0 Å². The third kappa shape index (κ3) is 4.29. The maximum absolute atomic E-state index is 11.5.